The standard InChI is InChI=1S/C13H12N2O2/c14-8-9-4-1-2-5-10(9)11-6-3-7-12(15-11)13(16)17/h1-7H,8,14H2,(H,16,17). The van der Waals surface area contributed by atoms with Crippen LogP contribution >= 0.6 is 0 Å². The van der Waals surface area contributed by atoms with Gasteiger partial charge in [-0.15, -0.1) is 0 Å². The number of aromatic carboxylic acids is 1. The molecule has 0 aliphatic rings. The van der Waals surface area contributed by atoms with Gasteiger partial charge in [-0.2, -0.15) is 0 Å². The molecule has 0 aliphatic heterocycles. The molecule has 0 unspecified atom stereocenters. The first kappa shape index (κ1) is 11.3. The zero-order valence-electron chi connectivity index (χ0n) is 9.13. The Kier molecular flexibility index (Phi) is 3.16. The molecule has 86 valence electrons. The molecule has 0 saturated carbocycles. The molecule has 0 radical (unpaired) electrons. The molecule has 2 aromatic rings. The molecule has 0 spiro atoms. The summed E-state index contributed by atoms with van der Waals surface area (Å²) in [7, 11) is 0. The average molecular weight is 228 g/mol. The van der Waals surface area contributed by atoms with Crippen molar-refractivity contribution in [2.45, 2.75) is 6.54 Å². The second-order valence-corrected chi connectivity index (χ2v) is 3.57. The van der Waals surface area contributed by atoms with E-state index in [4.69, 9.17) is 10.8 Å². The maximum absolute atomic E-state index is 10.9. The molecule has 0 bridgehead atoms. The molecule has 4 nitrogen and oxygen atoms in total. The minimum Gasteiger partial charge on any atom is -0.477 e. The highest BCUT2D eigenvalue weighted by molar-refractivity contribution is 5.86. The molecule has 1 aromatic carbocycles. The Morgan fingerprint density at radius 1 is 1.18 bits per heavy atom. The van der Waals surface area contributed by atoms with E-state index in [0.29, 0.717) is 12.2 Å². The first-order valence-electron chi connectivity index (χ1n) is 5.21. The van der Waals surface area contributed by atoms with Crippen LogP contribution in [-0.4, -0.2) is 16.1 Å². The van der Waals surface area contributed by atoms with E-state index in [1.807, 2.05) is 24.3 Å². The monoisotopic (exact) mass is 228 g/mol. The lowest BCUT2D eigenvalue weighted by atomic mass is 10.0. The molecule has 0 atom stereocenters. The first-order chi connectivity index (χ1) is 8.22. The van der Waals surface area contributed by atoms with Crippen molar-refractivity contribution in [2.75, 3.05) is 0 Å². The van der Waals surface area contributed by atoms with Crippen molar-refractivity contribution in [1.82, 2.24) is 4.98 Å². The van der Waals surface area contributed by atoms with E-state index in [1.54, 1.807) is 12.1 Å². The van der Waals surface area contributed by atoms with E-state index in [2.05, 4.69) is 4.98 Å². The Balaban J connectivity index is 2.52. The van der Waals surface area contributed by atoms with E-state index in [0.717, 1.165) is 11.1 Å². The lowest BCUT2D eigenvalue weighted by molar-refractivity contribution is 0.0690. The number of nitrogens with zero attached hydrogens (tertiary/aromatic N) is 1. The fourth-order valence-electron chi connectivity index (χ4n) is 1.65. The van der Waals surface area contributed by atoms with Crippen LogP contribution < -0.4 is 5.73 Å². The van der Waals surface area contributed by atoms with Crippen LogP contribution in [0.5, 0.6) is 0 Å². The van der Waals surface area contributed by atoms with Gasteiger partial charge >= 0.3 is 5.97 Å². The Bertz CT molecular complexity index is 553. The van der Waals surface area contributed by atoms with Gasteiger partial charge in [0.25, 0.3) is 0 Å². The second kappa shape index (κ2) is 4.76. The van der Waals surface area contributed by atoms with Crippen LogP contribution in [0.25, 0.3) is 11.3 Å². The van der Waals surface area contributed by atoms with Crippen molar-refractivity contribution in [2.24, 2.45) is 5.73 Å². The Labute approximate surface area is 98.7 Å². The molecule has 0 amide bonds. The van der Waals surface area contributed by atoms with Gasteiger partial charge in [0.2, 0.25) is 0 Å². The average Bonchev–Trinajstić information content (AvgIpc) is 2.39. The summed E-state index contributed by atoms with van der Waals surface area (Å²) in [5.74, 6) is -1.03. The number of hydrogen-bond donors (Lipinski definition) is 2. The Morgan fingerprint density at radius 3 is 2.65 bits per heavy atom. The highest BCUT2D eigenvalue weighted by atomic mass is 16.4. The van der Waals surface area contributed by atoms with Gasteiger partial charge < -0.3 is 10.8 Å². The van der Waals surface area contributed by atoms with Crippen LogP contribution in [-0.2, 0) is 6.54 Å². The summed E-state index contributed by atoms with van der Waals surface area (Å²) in [6, 6.07) is 12.5. The number of aromatic nitrogens is 1. The molecule has 1 aromatic heterocycles. The third-order valence-electron chi connectivity index (χ3n) is 2.48. The highest BCUT2D eigenvalue weighted by Crippen LogP contribution is 2.21. The topological polar surface area (TPSA) is 76.2 Å². The lowest BCUT2D eigenvalue weighted by Crippen LogP contribution is -2.03. The first-order valence-corrected chi connectivity index (χ1v) is 5.21. The molecule has 0 fully saturated rings. The van der Waals surface area contributed by atoms with Crippen molar-refractivity contribution in [1.29, 1.82) is 0 Å². The minimum absolute atomic E-state index is 0.0364. The van der Waals surface area contributed by atoms with E-state index >= 15 is 0 Å². The zero-order valence-corrected chi connectivity index (χ0v) is 9.13. The SMILES string of the molecule is NCc1ccccc1-c1cccc(C(=O)O)n1. The summed E-state index contributed by atoms with van der Waals surface area (Å²) in [6.45, 7) is 0.398. The van der Waals surface area contributed by atoms with E-state index in [-0.39, 0.29) is 5.69 Å². The van der Waals surface area contributed by atoms with Gasteiger partial charge in [0.15, 0.2) is 0 Å². The summed E-state index contributed by atoms with van der Waals surface area (Å²) in [5.41, 5.74) is 8.13. The lowest BCUT2D eigenvalue weighted by Gasteiger charge is -2.07. The van der Waals surface area contributed by atoms with Gasteiger partial charge in [-0.05, 0) is 17.7 Å². The number of hydrogen-bond acceptors (Lipinski definition) is 3. The number of pyridine rings is 1. The van der Waals surface area contributed by atoms with Crippen molar-refractivity contribution < 1.29 is 9.90 Å². The number of carboxylic acids is 1. The van der Waals surface area contributed by atoms with Gasteiger partial charge in [-0.25, -0.2) is 9.78 Å². The highest BCUT2D eigenvalue weighted by Gasteiger charge is 2.08. The largest absolute Gasteiger partial charge is 0.477 e. The fraction of sp³-hybridized carbons (Fsp3) is 0.0769. The second-order valence-electron chi connectivity index (χ2n) is 3.57. The molecule has 0 aliphatic carbocycles. The maximum atomic E-state index is 10.9. The maximum Gasteiger partial charge on any atom is 0.354 e. The molecule has 3 N–H and O–H groups in total. The van der Waals surface area contributed by atoms with Crippen LogP contribution in [0.3, 0.4) is 0 Å². The van der Waals surface area contributed by atoms with Crippen LogP contribution in [0.2, 0.25) is 0 Å². The van der Waals surface area contributed by atoms with Crippen LogP contribution in [0.15, 0.2) is 42.5 Å². The van der Waals surface area contributed by atoms with Crippen molar-refractivity contribution >= 4 is 5.97 Å². The summed E-state index contributed by atoms with van der Waals surface area (Å²) in [4.78, 5) is 14.9. The molecular weight excluding hydrogens is 216 g/mol. The summed E-state index contributed by atoms with van der Waals surface area (Å²) >= 11 is 0. The molecule has 0 saturated heterocycles. The predicted octanol–water partition coefficient (Wildman–Crippen LogP) is 1.91. The Morgan fingerprint density at radius 2 is 1.94 bits per heavy atom. The quantitative estimate of drug-likeness (QED) is 0.841. The molecule has 17 heavy (non-hydrogen) atoms. The van der Waals surface area contributed by atoms with Crippen molar-refractivity contribution in [3.8, 4) is 11.3 Å². The van der Waals surface area contributed by atoms with Gasteiger partial charge in [0, 0.05) is 12.1 Å². The molecule has 1 heterocycles. The Hall–Kier alpha value is -2.20. The fourth-order valence-corrected chi connectivity index (χ4v) is 1.65. The van der Waals surface area contributed by atoms with Crippen molar-refractivity contribution in [3.05, 3.63) is 53.7 Å². The van der Waals surface area contributed by atoms with Crippen molar-refractivity contribution in [3.63, 3.8) is 0 Å². The van der Waals surface area contributed by atoms with Gasteiger partial charge in [-0.1, -0.05) is 30.3 Å². The predicted molar refractivity (Wildman–Crippen MR) is 64.5 cm³/mol. The van der Waals surface area contributed by atoms with Crippen LogP contribution in [0.4, 0.5) is 0 Å². The van der Waals surface area contributed by atoms with Gasteiger partial charge in [0.1, 0.15) is 5.69 Å². The number of carbonyl (C=O) groups is 1. The summed E-state index contributed by atoms with van der Waals surface area (Å²) < 4.78 is 0. The van der Waals surface area contributed by atoms with Crippen LogP contribution in [0, 0.1) is 0 Å². The van der Waals surface area contributed by atoms with E-state index in [1.165, 1.54) is 6.07 Å². The molecular formula is C13H12N2O2. The normalized spacial score (nSPS) is 10.2. The summed E-state index contributed by atoms with van der Waals surface area (Å²) in [6.07, 6.45) is 0. The van der Waals surface area contributed by atoms with Crippen LogP contribution in [0.1, 0.15) is 16.1 Å². The third-order valence-corrected chi connectivity index (χ3v) is 2.48. The number of rotatable bonds is 3. The van der Waals surface area contributed by atoms with E-state index < -0.39 is 5.97 Å². The van der Waals surface area contributed by atoms with Gasteiger partial charge in [-0.3, -0.25) is 0 Å². The smallest absolute Gasteiger partial charge is 0.354 e. The van der Waals surface area contributed by atoms with E-state index in [9.17, 15) is 4.79 Å². The molecule has 2 rings (SSSR count). The molecule has 4 heteroatoms. The number of carboxylic acid groups (broad SMARTS) is 1. The minimum atomic E-state index is -1.03. The zero-order chi connectivity index (χ0) is 12.3. The number of nitrogens with two attached hydrogens (primary N) is 1. The number of benzene rings is 1. The third kappa shape index (κ3) is 2.32. The van der Waals surface area contributed by atoms with Gasteiger partial charge in [0.05, 0.1) is 5.69 Å². The summed E-state index contributed by atoms with van der Waals surface area (Å²) in [5, 5.41) is 8.90.